The average Bonchev–Trinajstić information content (AvgIpc) is 2.26. The van der Waals surface area contributed by atoms with Crippen LogP contribution >= 0.6 is 0 Å². The van der Waals surface area contributed by atoms with E-state index in [1.807, 2.05) is 32.0 Å². The van der Waals surface area contributed by atoms with E-state index in [-0.39, 0.29) is 19.0 Å². The molecule has 0 fully saturated rings. The molecular weight excluding hydrogens is 232 g/mol. The number of hydrogen-bond acceptors (Lipinski definition) is 2. The largest absolute Gasteiger partial charge is 0.481 e. The molecule has 5 heteroatoms. The monoisotopic (exact) mass is 250 g/mol. The second kappa shape index (κ2) is 6.05. The van der Waals surface area contributed by atoms with Crippen molar-refractivity contribution in [2.45, 2.75) is 20.3 Å². The SMILES string of the molecule is Cc1cc(C)cc(N(C)C(=O)NCCC(=O)O)c1. The van der Waals surface area contributed by atoms with Gasteiger partial charge in [-0.15, -0.1) is 0 Å². The number of nitrogens with zero attached hydrogens (tertiary/aromatic N) is 1. The molecule has 0 unspecified atom stereocenters. The van der Waals surface area contributed by atoms with E-state index in [9.17, 15) is 9.59 Å². The number of rotatable bonds is 4. The third kappa shape index (κ3) is 4.08. The van der Waals surface area contributed by atoms with Crippen molar-refractivity contribution in [1.29, 1.82) is 0 Å². The molecule has 2 N–H and O–H groups in total. The Morgan fingerprint density at radius 1 is 1.22 bits per heavy atom. The highest BCUT2D eigenvalue weighted by molar-refractivity contribution is 5.91. The summed E-state index contributed by atoms with van der Waals surface area (Å²) in [5.41, 5.74) is 2.95. The molecule has 0 saturated carbocycles. The van der Waals surface area contributed by atoms with Gasteiger partial charge in [0.25, 0.3) is 0 Å². The maximum absolute atomic E-state index is 11.8. The van der Waals surface area contributed by atoms with Crippen molar-refractivity contribution >= 4 is 17.7 Å². The number of aryl methyl sites for hydroxylation is 2. The van der Waals surface area contributed by atoms with Crippen LogP contribution in [0.15, 0.2) is 18.2 Å². The summed E-state index contributed by atoms with van der Waals surface area (Å²) in [7, 11) is 1.66. The van der Waals surface area contributed by atoms with Crippen LogP contribution in [0.2, 0.25) is 0 Å². The quantitative estimate of drug-likeness (QED) is 0.857. The average molecular weight is 250 g/mol. The molecule has 0 aromatic heterocycles. The van der Waals surface area contributed by atoms with Crippen LogP contribution in [0.1, 0.15) is 17.5 Å². The zero-order valence-electron chi connectivity index (χ0n) is 10.9. The molecule has 0 saturated heterocycles. The molecule has 0 heterocycles. The van der Waals surface area contributed by atoms with Crippen LogP contribution in [-0.4, -0.2) is 30.7 Å². The minimum absolute atomic E-state index is 0.0770. The zero-order valence-corrected chi connectivity index (χ0v) is 10.9. The molecule has 18 heavy (non-hydrogen) atoms. The standard InChI is InChI=1S/C13H18N2O3/c1-9-6-10(2)8-11(7-9)15(3)13(18)14-5-4-12(16)17/h6-8H,4-5H2,1-3H3,(H,14,18)(H,16,17). The minimum Gasteiger partial charge on any atom is -0.481 e. The molecule has 98 valence electrons. The van der Waals surface area contributed by atoms with Gasteiger partial charge >= 0.3 is 12.0 Å². The molecule has 1 rings (SSSR count). The van der Waals surface area contributed by atoms with E-state index in [0.717, 1.165) is 16.8 Å². The number of carboxylic acid groups (broad SMARTS) is 1. The van der Waals surface area contributed by atoms with Gasteiger partial charge in [-0.05, 0) is 37.1 Å². The maximum Gasteiger partial charge on any atom is 0.321 e. The van der Waals surface area contributed by atoms with Crippen molar-refractivity contribution in [3.63, 3.8) is 0 Å². The molecule has 1 aromatic carbocycles. The topological polar surface area (TPSA) is 69.6 Å². The fraction of sp³-hybridized carbons (Fsp3) is 0.385. The van der Waals surface area contributed by atoms with Crippen molar-refractivity contribution in [3.8, 4) is 0 Å². The first kappa shape index (κ1) is 14.0. The zero-order chi connectivity index (χ0) is 13.7. The van der Waals surface area contributed by atoms with E-state index < -0.39 is 5.97 Å². The Morgan fingerprint density at radius 3 is 2.28 bits per heavy atom. The lowest BCUT2D eigenvalue weighted by atomic mass is 10.1. The number of carbonyl (C=O) groups excluding carboxylic acids is 1. The van der Waals surface area contributed by atoms with Gasteiger partial charge in [-0.2, -0.15) is 0 Å². The molecule has 0 bridgehead atoms. The van der Waals surface area contributed by atoms with Crippen molar-refractivity contribution in [2.24, 2.45) is 0 Å². The Balaban J connectivity index is 2.65. The molecule has 1 aromatic rings. The molecule has 5 nitrogen and oxygen atoms in total. The summed E-state index contributed by atoms with van der Waals surface area (Å²) in [6.07, 6.45) is -0.0770. The van der Waals surface area contributed by atoms with Crippen LogP contribution in [0.4, 0.5) is 10.5 Å². The number of benzene rings is 1. The van der Waals surface area contributed by atoms with Crippen LogP contribution in [-0.2, 0) is 4.79 Å². The molecule has 2 amide bonds. The molecule has 0 aliphatic rings. The minimum atomic E-state index is -0.927. The maximum atomic E-state index is 11.8. The highest BCUT2D eigenvalue weighted by Gasteiger charge is 2.11. The summed E-state index contributed by atoms with van der Waals surface area (Å²) in [6.45, 7) is 4.06. The number of hydrogen-bond donors (Lipinski definition) is 2. The van der Waals surface area contributed by atoms with Crippen LogP contribution in [0.5, 0.6) is 0 Å². The summed E-state index contributed by atoms with van der Waals surface area (Å²) in [6, 6.07) is 5.54. The first-order valence-electron chi connectivity index (χ1n) is 5.72. The normalized spacial score (nSPS) is 9.94. The fourth-order valence-electron chi connectivity index (χ4n) is 1.66. The van der Waals surface area contributed by atoms with Crippen molar-refractivity contribution < 1.29 is 14.7 Å². The van der Waals surface area contributed by atoms with Crippen LogP contribution in [0.25, 0.3) is 0 Å². The third-order valence-electron chi connectivity index (χ3n) is 2.51. The van der Waals surface area contributed by atoms with E-state index >= 15 is 0 Å². The van der Waals surface area contributed by atoms with E-state index in [2.05, 4.69) is 5.32 Å². The van der Waals surface area contributed by atoms with Crippen molar-refractivity contribution in [3.05, 3.63) is 29.3 Å². The van der Waals surface area contributed by atoms with Gasteiger partial charge in [-0.3, -0.25) is 9.69 Å². The summed E-state index contributed by atoms with van der Waals surface area (Å²) in [4.78, 5) is 23.6. The Hall–Kier alpha value is -2.04. The molecule has 0 aliphatic heterocycles. The highest BCUT2D eigenvalue weighted by Crippen LogP contribution is 2.17. The third-order valence-corrected chi connectivity index (χ3v) is 2.51. The van der Waals surface area contributed by atoms with Gasteiger partial charge in [-0.1, -0.05) is 6.07 Å². The van der Waals surface area contributed by atoms with E-state index in [1.54, 1.807) is 7.05 Å². The highest BCUT2D eigenvalue weighted by atomic mass is 16.4. The summed E-state index contributed by atoms with van der Waals surface area (Å²) >= 11 is 0. The number of anilines is 1. The van der Waals surface area contributed by atoms with E-state index in [4.69, 9.17) is 5.11 Å². The first-order chi connectivity index (χ1) is 8.40. The van der Waals surface area contributed by atoms with E-state index in [0.29, 0.717) is 0 Å². The van der Waals surface area contributed by atoms with Crippen molar-refractivity contribution in [1.82, 2.24) is 5.32 Å². The van der Waals surface area contributed by atoms with E-state index in [1.165, 1.54) is 4.90 Å². The van der Waals surface area contributed by atoms with Crippen molar-refractivity contribution in [2.75, 3.05) is 18.5 Å². The molecule has 0 radical (unpaired) electrons. The van der Waals surface area contributed by atoms with Crippen LogP contribution in [0, 0.1) is 13.8 Å². The van der Waals surface area contributed by atoms with Crippen LogP contribution < -0.4 is 10.2 Å². The smallest absolute Gasteiger partial charge is 0.321 e. The Kier molecular flexibility index (Phi) is 4.71. The Labute approximate surface area is 106 Å². The Morgan fingerprint density at radius 2 is 1.78 bits per heavy atom. The summed E-state index contributed by atoms with van der Waals surface area (Å²) in [5.74, 6) is -0.927. The van der Waals surface area contributed by atoms with Gasteiger partial charge in [0, 0.05) is 19.3 Å². The van der Waals surface area contributed by atoms with Gasteiger partial charge in [-0.25, -0.2) is 4.79 Å². The van der Waals surface area contributed by atoms with Gasteiger partial charge in [0.1, 0.15) is 0 Å². The molecular formula is C13H18N2O3. The second-order valence-electron chi connectivity index (χ2n) is 4.28. The van der Waals surface area contributed by atoms with Gasteiger partial charge < -0.3 is 10.4 Å². The number of amides is 2. The lowest BCUT2D eigenvalue weighted by Crippen LogP contribution is -2.38. The van der Waals surface area contributed by atoms with Crippen LogP contribution in [0.3, 0.4) is 0 Å². The predicted molar refractivity (Wildman–Crippen MR) is 70.0 cm³/mol. The number of aliphatic carboxylic acids is 1. The number of carboxylic acids is 1. The van der Waals surface area contributed by atoms with Gasteiger partial charge in [0.2, 0.25) is 0 Å². The molecule has 0 atom stereocenters. The summed E-state index contributed by atoms with van der Waals surface area (Å²) < 4.78 is 0. The Bertz CT molecular complexity index is 437. The first-order valence-corrected chi connectivity index (χ1v) is 5.72. The predicted octanol–water partition coefficient (Wildman–Crippen LogP) is 1.92. The van der Waals surface area contributed by atoms with Gasteiger partial charge in [0.15, 0.2) is 0 Å². The molecule has 0 spiro atoms. The molecule has 0 aliphatic carbocycles. The summed E-state index contributed by atoms with van der Waals surface area (Å²) in [5, 5.41) is 11.0. The number of urea groups is 1. The second-order valence-corrected chi connectivity index (χ2v) is 4.28. The fourth-order valence-corrected chi connectivity index (χ4v) is 1.66. The lowest BCUT2D eigenvalue weighted by molar-refractivity contribution is -0.136. The lowest BCUT2D eigenvalue weighted by Gasteiger charge is -2.19. The number of nitrogens with one attached hydrogen (secondary N) is 1. The number of carbonyl (C=O) groups is 2. The van der Waals surface area contributed by atoms with Gasteiger partial charge in [0.05, 0.1) is 6.42 Å².